The third-order valence-electron chi connectivity index (χ3n) is 4.07. The standard InChI is InChI=1S/C18H19FN2O/c1-12(18(22)21-15-7-4-6-14(19)11-15)20-17-10-9-13-5-2-3-8-16(13)17/h2-8,11-12,17,20H,9-10H2,1H3,(H,21,22)/t12-,17-/m1/s1. The molecule has 0 unspecified atom stereocenters. The molecule has 114 valence electrons. The van der Waals surface area contributed by atoms with E-state index in [4.69, 9.17) is 0 Å². The van der Waals surface area contributed by atoms with Gasteiger partial charge >= 0.3 is 0 Å². The number of carbonyl (C=O) groups excluding carboxylic acids is 1. The van der Waals surface area contributed by atoms with Crippen LogP contribution in [0.3, 0.4) is 0 Å². The zero-order valence-electron chi connectivity index (χ0n) is 12.5. The summed E-state index contributed by atoms with van der Waals surface area (Å²) in [5.74, 6) is -0.516. The van der Waals surface area contributed by atoms with Crippen LogP contribution in [0.15, 0.2) is 48.5 Å². The second kappa shape index (κ2) is 6.28. The van der Waals surface area contributed by atoms with E-state index in [9.17, 15) is 9.18 Å². The second-order valence-corrected chi connectivity index (χ2v) is 5.68. The molecule has 1 aliphatic carbocycles. The Kier molecular flexibility index (Phi) is 4.20. The lowest BCUT2D eigenvalue weighted by molar-refractivity contribution is -0.118. The van der Waals surface area contributed by atoms with Crippen LogP contribution in [-0.2, 0) is 11.2 Å². The van der Waals surface area contributed by atoms with Gasteiger partial charge in [-0.2, -0.15) is 0 Å². The fourth-order valence-electron chi connectivity index (χ4n) is 2.92. The highest BCUT2D eigenvalue weighted by Crippen LogP contribution is 2.31. The molecule has 2 aromatic carbocycles. The van der Waals surface area contributed by atoms with Crippen LogP contribution in [0, 0.1) is 5.82 Å². The third-order valence-corrected chi connectivity index (χ3v) is 4.07. The first-order valence-electron chi connectivity index (χ1n) is 7.54. The zero-order valence-corrected chi connectivity index (χ0v) is 12.5. The van der Waals surface area contributed by atoms with Gasteiger partial charge in [0.2, 0.25) is 5.91 Å². The minimum Gasteiger partial charge on any atom is -0.325 e. The topological polar surface area (TPSA) is 41.1 Å². The molecule has 0 radical (unpaired) electrons. The molecule has 0 saturated carbocycles. The van der Waals surface area contributed by atoms with Gasteiger partial charge in [-0.05, 0) is 49.1 Å². The maximum Gasteiger partial charge on any atom is 0.241 e. The van der Waals surface area contributed by atoms with Gasteiger partial charge in [-0.25, -0.2) is 4.39 Å². The molecule has 3 rings (SSSR count). The maximum atomic E-state index is 13.1. The molecule has 0 fully saturated rings. The van der Waals surface area contributed by atoms with Gasteiger partial charge in [0.15, 0.2) is 0 Å². The Labute approximate surface area is 129 Å². The van der Waals surface area contributed by atoms with E-state index >= 15 is 0 Å². The first-order valence-corrected chi connectivity index (χ1v) is 7.54. The Morgan fingerprint density at radius 3 is 2.86 bits per heavy atom. The largest absolute Gasteiger partial charge is 0.325 e. The lowest BCUT2D eigenvalue weighted by atomic mass is 10.1. The molecule has 2 N–H and O–H groups in total. The number of hydrogen-bond donors (Lipinski definition) is 2. The Balaban J connectivity index is 1.63. The average Bonchev–Trinajstić information content (AvgIpc) is 2.90. The molecule has 1 aliphatic rings. The summed E-state index contributed by atoms with van der Waals surface area (Å²) in [6.45, 7) is 1.83. The number of anilines is 1. The number of halogens is 1. The molecule has 0 saturated heterocycles. The highest BCUT2D eigenvalue weighted by Gasteiger charge is 2.25. The predicted molar refractivity (Wildman–Crippen MR) is 85.1 cm³/mol. The lowest BCUT2D eigenvalue weighted by Crippen LogP contribution is -2.39. The highest BCUT2D eigenvalue weighted by molar-refractivity contribution is 5.94. The minimum absolute atomic E-state index is 0.157. The molecule has 0 spiro atoms. The first-order chi connectivity index (χ1) is 10.6. The van der Waals surface area contributed by atoms with Crippen LogP contribution >= 0.6 is 0 Å². The summed E-state index contributed by atoms with van der Waals surface area (Å²) in [7, 11) is 0. The quantitative estimate of drug-likeness (QED) is 0.908. The number of nitrogens with one attached hydrogen (secondary N) is 2. The molecule has 0 aromatic heterocycles. The first kappa shape index (κ1) is 14.7. The van der Waals surface area contributed by atoms with E-state index in [0.717, 1.165) is 12.8 Å². The predicted octanol–water partition coefficient (Wildman–Crippen LogP) is 3.43. The number of rotatable bonds is 4. The number of hydrogen-bond acceptors (Lipinski definition) is 2. The van der Waals surface area contributed by atoms with Crippen LogP contribution in [0.5, 0.6) is 0 Å². The SMILES string of the molecule is C[C@@H](N[C@@H]1CCc2ccccc21)C(=O)Nc1cccc(F)c1. The number of aryl methyl sites for hydroxylation is 1. The van der Waals surface area contributed by atoms with Crippen LogP contribution in [-0.4, -0.2) is 11.9 Å². The maximum absolute atomic E-state index is 13.1. The van der Waals surface area contributed by atoms with Crippen molar-refractivity contribution in [3.63, 3.8) is 0 Å². The van der Waals surface area contributed by atoms with E-state index < -0.39 is 0 Å². The molecule has 0 heterocycles. The normalized spacial score (nSPS) is 17.8. The highest BCUT2D eigenvalue weighted by atomic mass is 19.1. The van der Waals surface area contributed by atoms with E-state index in [1.54, 1.807) is 12.1 Å². The Morgan fingerprint density at radius 2 is 2.05 bits per heavy atom. The van der Waals surface area contributed by atoms with Crippen molar-refractivity contribution < 1.29 is 9.18 Å². The van der Waals surface area contributed by atoms with Gasteiger partial charge in [0, 0.05) is 11.7 Å². The van der Waals surface area contributed by atoms with Gasteiger partial charge in [0.05, 0.1) is 6.04 Å². The van der Waals surface area contributed by atoms with Crippen LogP contribution in [0.1, 0.15) is 30.5 Å². The molecule has 2 atom stereocenters. The van der Waals surface area contributed by atoms with Crippen LogP contribution in [0.25, 0.3) is 0 Å². The van der Waals surface area contributed by atoms with Crippen molar-refractivity contribution in [3.8, 4) is 0 Å². The van der Waals surface area contributed by atoms with E-state index in [1.165, 1.54) is 23.3 Å². The van der Waals surface area contributed by atoms with Gasteiger partial charge in [-0.1, -0.05) is 30.3 Å². The molecule has 4 heteroatoms. The molecule has 22 heavy (non-hydrogen) atoms. The van der Waals surface area contributed by atoms with Crippen molar-refractivity contribution in [1.29, 1.82) is 0 Å². The second-order valence-electron chi connectivity index (χ2n) is 5.68. The van der Waals surface area contributed by atoms with Crippen molar-refractivity contribution in [2.24, 2.45) is 0 Å². The monoisotopic (exact) mass is 298 g/mol. The van der Waals surface area contributed by atoms with Crippen molar-refractivity contribution in [3.05, 3.63) is 65.5 Å². The van der Waals surface area contributed by atoms with E-state index in [2.05, 4.69) is 22.8 Å². The molecule has 2 aromatic rings. The van der Waals surface area contributed by atoms with Crippen LogP contribution in [0.2, 0.25) is 0 Å². The smallest absolute Gasteiger partial charge is 0.241 e. The molecule has 1 amide bonds. The number of carbonyl (C=O) groups is 1. The van der Waals surface area contributed by atoms with Crippen molar-refractivity contribution >= 4 is 11.6 Å². The minimum atomic E-state index is -0.358. The van der Waals surface area contributed by atoms with E-state index in [0.29, 0.717) is 5.69 Å². The number of fused-ring (bicyclic) bond motifs is 1. The molecular formula is C18H19FN2O. The van der Waals surface area contributed by atoms with Crippen molar-refractivity contribution in [2.75, 3.05) is 5.32 Å². The summed E-state index contributed by atoms with van der Waals surface area (Å²) in [5.41, 5.74) is 3.09. The summed E-state index contributed by atoms with van der Waals surface area (Å²) in [6.07, 6.45) is 2.03. The number of benzene rings is 2. The van der Waals surface area contributed by atoms with Gasteiger partial charge in [-0.15, -0.1) is 0 Å². The molecule has 0 bridgehead atoms. The average molecular weight is 298 g/mol. The Morgan fingerprint density at radius 1 is 1.23 bits per heavy atom. The van der Waals surface area contributed by atoms with Gasteiger partial charge in [-0.3, -0.25) is 10.1 Å². The van der Waals surface area contributed by atoms with Gasteiger partial charge < -0.3 is 5.32 Å². The summed E-state index contributed by atoms with van der Waals surface area (Å²) >= 11 is 0. The summed E-state index contributed by atoms with van der Waals surface area (Å²) in [6, 6.07) is 14.1. The van der Waals surface area contributed by atoms with Crippen LogP contribution in [0.4, 0.5) is 10.1 Å². The Hall–Kier alpha value is -2.20. The number of amides is 1. The Bertz CT molecular complexity index is 686. The van der Waals surface area contributed by atoms with Crippen molar-refractivity contribution in [1.82, 2.24) is 5.32 Å². The molecule has 3 nitrogen and oxygen atoms in total. The van der Waals surface area contributed by atoms with Gasteiger partial charge in [0.1, 0.15) is 5.82 Å². The van der Waals surface area contributed by atoms with E-state index in [-0.39, 0.29) is 23.8 Å². The van der Waals surface area contributed by atoms with Crippen LogP contribution < -0.4 is 10.6 Å². The molecule has 0 aliphatic heterocycles. The van der Waals surface area contributed by atoms with E-state index in [1.807, 2.05) is 19.1 Å². The summed E-state index contributed by atoms with van der Waals surface area (Å²) in [4.78, 5) is 12.2. The van der Waals surface area contributed by atoms with Crippen molar-refractivity contribution in [2.45, 2.75) is 31.8 Å². The third kappa shape index (κ3) is 3.17. The fraction of sp³-hybridized carbons (Fsp3) is 0.278. The zero-order chi connectivity index (χ0) is 15.5. The summed E-state index contributed by atoms with van der Waals surface area (Å²) in [5, 5.41) is 6.10. The fourth-order valence-corrected chi connectivity index (χ4v) is 2.92. The summed E-state index contributed by atoms with van der Waals surface area (Å²) < 4.78 is 13.1. The lowest BCUT2D eigenvalue weighted by Gasteiger charge is -2.20. The molecular weight excluding hydrogens is 279 g/mol. The van der Waals surface area contributed by atoms with Gasteiger partial charge in [0.25, 0.3) is 0 Å².